The Bertz CT molecular complexity index is 672. The molecule has 2 aliphatic heterocycles. The van der Waals surface area contributed by atoms with E-state index in [1.54, 1.807) is 17.3 Å². The molecule has 3 rings (SSSR count). The van der Waals surface area contributed by atoms with E-state index >= 15 is 0 Å². The third-order valence-corrected chi connectivity index (χ3v) is 6.50. The normalized spacial score (nSPS) is 25.0. The standard InChI is InChI=1S/C17H26BN3O5S/c1-16(2)17(3,4)26-18(25-16)11-7-19-15(20-8-11)27-12-5-6-21(9-12)14(24)13(23)10-22/h7-8,12-13,22-23H,5-6,9-10H2,1-4H3/t12-,13?/m1/s1. The smallest absolute Gasteiger partial charge is 0.399 e. The van der Waals surface area contributed by atoms with Gasteiger partial charge in [-0.1, -0.05) is 11.8 Å². The number of amides is 1. The highest BCUT2D eigenvalue weighted by Gasteiger charge is 2.52. The summed E-state index contributed by atoms with van der Waals surface area (Å²) in [7, 11) is -0.492. The summed E-state index contributed by atoms with van der Waals surface area (Å²) >= 11 is 1.50. The molecule has 0 aromatic carbocycles. The van der Waals surface area contributed by atoms with Gasteiger partial charge >= 0.3 is 7.12 Å². The van der Waals surface area contributed by atoms with Crippen molar-refractivity contribution in [2.24, 2.45) is 0 Å². The summed E-state index contributed by atoms with van der Waals surface area (Å²) in [4.78, 5) is 22.3. The number of thioether (sulfide) groups is 1. The van der Waals surface area contributed by atoms with Crippen molar-refractivity contribution in [3.05, 3.63) is 12.4 Å². The Morgan fingerprint density at radius 3 is 2.48 bits per heavy atom. The van der Waals surface area contributed by atoms with Gasteiger partial charge in [-0.3, -0.25) is 4.79 Å². The van der Waals surface area contributed by atoms with Crippen LogP contribution in [0.3, 0.4) is 0 Å². The summed E-state index contributed by atoms with van der Waals surface area (Å²) in [6.07, 6.45) is 2.87. The average Bonchev–Trinajstić information content (AvgIpc) is 3.16. The van der Waals surface area contributed by atoms with Gasteiger partial charge in [0.2, 0.25) is 0 Å². The minimum absolute atomic E-state index is 0.155. The Morgan fingerprint density at radius 2 is 1.93 bits per heavy atom. The number of aromatic nitrogens is 2. The fourth-order valence-corrected chi connectivity index (χ4v) is 3.95. The Balaban J connectivity index is 1.57. The van der Waals surface area contributed by atoms with Crippen LogP contribution in [-0.2, 0) is 14.1 Å². The van der Waals surface area contributed by atoms with Crippen molar-refractivity contribution in [2.75, 3.05) is 19.7 Å². The predicted molar refractivity (Wildman–Crippen MR) is 102 cm³/mol. The highest BCUT2D eigenvalue weighted by Crippen LogP contribution is 2.36. The minimum Gasteiger partial charge on any atom is -0.399 e. The number of aliphatic hydroxyl groups is 2. The van der Waals surface area contributed by atoms with E-state index in [0.29, 0.717) is 18.2 Å². The van der Waals surface area contributed by atoms with E-state index in [1.807, 2.05) is 27.7 Å². The summed E-state index contributed by atoms with van der Waals surface area (Å²) in [5, 5.41) is 19.2. The van der Waals surface area contributed by atoms with Gasteiger partial charge in [0.05, 0.1) is 17.8 Å². The first kappa shape index (κ1) is 20.5. The summed E-state index contributed by atoms with van der Waals surface area (Å²) < 4.78 is 12.0. The second-order valence-corrected chi connectivity index (χ2v) is 9.17. The highest BCUT2D eigenvalue weighted by molar-refractivity contribution is 7.99. The van der Waals surface area contributed by atoms with E-state index in [0.717, 1.165) is 11.9 Å². The maximum Gasteiger partial charge on any atom is 0.498 e. The Hall–Kier alpha value is -1.20. The van der Waals surface area contributed by atoms with Crippen LogP contribution in [0.4, 0.5) is 0 Å². The SMILES string of the molecule is CC1(C)OB(c2cnc(S[C@@H]3CCN(C(=O)C(O)CO)C3)nc2)OC1(C)C. The van der Waals surface area contributed by atoms with Crippen molar-refractivity contribution < 1.29 is 24.3 Å². The summed E-state index contributed by atoms with van der Waals surface area (Å²) in [6, 6.07) is 0. The molecule has 2 aliphatic rings. The molecule has 1 aromatic heterocycles. The van der Waals surface area contributed by atoms with E-state index < -0.39 is 36.9 Å². The molecule has 8 nitrogen and oxygen atoms in total. The van der Waals surface area contributed by atoms with Crippen molar-refractivity contribution >= 4 is 30.3 Å². The molecule has 148 valence electrons. The van der Waals surface area contributed by atoms with Crippen molar-refractivity contribution in [1.82, 2.24) is 14.9 Å². The van der Waals surface area contributed by atoms with Crippen LogP contribution < -0.4 is 5.46 Å². The van der Waals surface area contributed by atoms with Gasteiger partial charge in [-0.05, 0) is 34.1 Å². The molecule has 1 unspecified atom stereocenters. The number of carbonyl (C=O) groups excluding carboxylic acids is 1. The van der Waals surface area contributed by atoms with Crippen LogP contribution in [0.5, 0.6) is 0 Å². The van der Waals surface area contributed by atoms with Gasteiger partial charge in [0.1, 0.15) is 0 Å². The summed E-state index contributed by atoms with van der Waals surface area (Å²) in [5.74, 6) is -0.433. The molecule has 0 saturated carbocycles. The second-order valence-electron chi connectivity index (χ2n) is 7.90. The van der Waals surface area contributed by atoms with Crippen molar-refractivity contribution in [3.8, 4) is 0 Å². The molecule has 2 N–H and O–H groups in total. The van der Waals surface area contributed by atoms with E-state index in [1.165, 1.54) is 11.8 Å². The van der Waals surface area contributed by atoms with Crippen molar-refractivity contribution in [1.29, 1.82) is 0 Å². The lowest BCUT2D eigenvalue weighted by molar-refractivity contribution is -0.140. The van der Waals surface area contributed by atoms with Gasteiger partial charge in [0, 0.05) is 36.2 Å². The first-order chi connectivity index (χ1) is 12.6. The van der Waals surface area contributed by atoms with Crippen LogP contribution in [0.25, 0.3) is 0 Å². The van der Waals surface area contributed by atoms with Crippen LogP contribution in [0, 0.1) is 0 Å². The zero-order valence-electron chi connectivity index (χ0n) is 16.1. The van der Waals surface area contributed by atoms with Crippen LogP contribution >= 0.6 is 11.8 Å². The lowest BCUT2D eigenvalue weighted by atomic mass is 9.81. The molecule has 3 heterocycles. The Labute approximate surface area is 163 Å². The number of hydrogen-bond donors (Lipinski definition) is 2. The third-order valence-electron chi connectivity index (χ3n) is 5.36. The monoisotopic (exact) mass is 395 g/mol. The number of aliphatic hydroxyl groups excluding tert-OH is 2. The van der Waals surface area contributed by atoms with Gasteiger partial charge in [-0.15, -0.1) is 0 Å². The number of likely N-dealkylation sites (tertiary alicyclic amines) is 1. The van der Waals surface area contributed by atoms with Gasteiger partial charge in [-0.2, -0.15) is 0 Å². The maximum absolute atomic E-state index is 11.9. The molecule has 1 amide bonds. The van der Waals surface area contributed by atoms with Crippen LogP contribution in [0.2, 0.25) is 0 Å². The molecule has 2 fully saturated rings. The van der Waals surface area contributed by atoms with Crippen LogP contribution in [-0.4, -0.2) is 80.4 Å². The second kappa shape index (κ2) is 7.67. The average molecular weight is 395 g/mol. The molecule has 0 aliphatic carbocycles. The van der Waals surface area contributed by atoms with E-state index in [9.17, 15) is 9.90 Å². The Kier molecular flexibility index (Phi) is 5.84. The zero-order valence-corrected chi connectivity index (χ0v) is 16.9. The molecule has 0 spiro atoms. The number of hydrogen-bond acceptors (Lipinski definition) is 8. The van der Waals surface area contributed by atoms with Gasteiger partial charge in [-0.25, -0.2) is 9.97 Å². The van der Waals surface area contributed by atoms with Gasteiger partial charge in [0.15, 0.2) is 11.3 Å². The molecule has 2 atom stereocenters. The molecule has 10 heteroatoms. The van der Waals surface area contributed by atoms with Crippen LogP contribution in [0.1, 0.15) is 34.1 Å². The van der Waals surface area contributed by atoms with E-state index in [-0.39, 0.29) is 5.25 Å². The fraction of sp³-hybridized carbons (Fsp3) is 0.706. The molecular formula is C17H26BN3O5S. The van der Waals surface area contributed by atoms with Gasteiger partial charge < -0.3 is 24.4 Å². The topological polar surface area (TPSA) is 105 Å². The molecule has 0 bridgehead atoms. The molecule has 1 aromatic rings. The number of nitrogens with zero attached hydrogens (tertiary/aromatic N) is 3. The van der Waals surface area contributed by atoms with E-state index in [4.69, 9.17) is 14.4 Å². The molecule has 27 heavy (non-hydrogen) atoms. The number of rotatable bonds is 5. The summed E-state index contributed by atoms with van der Waals surface area (Å²) in [5.41, 5.74) is -0.0546. The van der Waals surface area contributed by atoms with Gasteiger partial charge in [0.25, 0.3) is 5.91 Å². The minimum atomic E-state index is -1.34. The molecular weight excluding hydrogens is 369 g/mol. The molecule has 2 saturated heterocycles. The lowest BCUT2D eigenvalue weighted by Crippen LogP contribution is -2.41. The maximum atomic E-state index is 11.9. The van der Waals surface area contributed by atoms with Crippen molar-refractivity contribution in [3.63, 3.8) is 0 Å². The lowest BCUT2D eigenvalue weighted by Gasteiger charge is -2.32. The fourth-order valence-electron chi connectivity index (χ4n) is 2.95. The van der Waals surface area contributed by atoms with Crippen LogP contribution in [0.15, 0.2) is 17.6 Å². The predicted octanol–water partition coefficient (Wildman–Crippen LogP) is -0.178. The zero-order chi connectivity index (χ0) is 19.8. The summed E-state index contributed by atoms with van der Waals surface area (Å²) in [6.45, 7) is 8.49. The third kappa shape index (κ3) is 4.29. The quantitative estimate of drug-likeness (QED) is 0.523. The first-order valence-corrected chi connectivity index (χ1v) is 9.93. The highest BCUT2D eigenvalue weighted by atomic mass is 32.2. The first-order valence-electron chi connectivity index (χ1n) is 9.05. The largest absolute Gasteiger partial charge is 0.498 e. The number of carbonyl (C=O) groups is 1. The molecule has 0 radical (unpaired) electrons. The Morgan fingerprint density at radius 1 is 1.33 bits per heavy atom. The van der Waals surface area contributed by atoms with Crippen molar-refractivity contribution in [2.45, 2.75) is 61.8 Å². The van der Waals surface area contributed by atoms with E-state index in [2.05, 4.69) is 9.97 Å².